The Balaban J connectivity index is 3.25. The molecule has 0 bridgehead atoms. The van der Waals surface area contributed by atoms with Crippen molar-refractivity contribution >= 4 is 0 Å². The maximum Gasteiger partial charge on any atom is -0.00947 e. The third-order valence-electron chi connectivity index (χ3n) is 0.878. The third kappa shape index (κ3) is 7.22. The lowest BCUT2D eigenvalue weighted by molar-refractivity contribution is 1.33. The summed E-state index contributed by atoms with van der Waals surface area (Å²) < 4.78 is 0. The van der Waals surface area contributed by atoms with Crippen molar-refractivity contribution in [2.75, 3.05) is 0 Å². The van der Waals surface area contributed by atoms with E-state index >= 15 is 0 Å². The molecule has 9 heavy (non-hydrogen) atoms. The van der Waals surface area contributed by atoms with Crippen LogP contribution in [0.2, 0.25) is 0 Å². The van der Waals surface area contributed by atoms with Crippen LogP contribution < -0.4 is 0 Å². The zero-order valence-corrected chi connectivity index (χ0v) is 6.09. The van der Waals surface area contributed by atoms with Gasteiger partial charge in [-0.05, 0) is 26.3 Å². The molecule has 0 heteroatoms. The normalized spacial score (nSPS) is 12.7. The van der Waals surface area contributed by atoms with E-state index in [1.165, 1.54) is 0 Å². The Morgan fingerprint density at radius 1 is 1.22 bits per heavy atom. The summed E-state index contributed by atoms with van der Waals surface area (Å²) in [6.45, 7) is 4.01. The van der Waals surface area contributed by atoms with Crippen LogP contribution >= 0.6 is 0 Å². The van der Waals surface area contributed by atoms with E-state index in [9.17, 15) is 0 Å². The van der Waals surface area contributed by atoms with Crippen LogP contribution in [0.5, 0.6) is 0 Å². The zero-order valence-electron chi connectivity index (χ0n) is 6.09. The quantitative estimate of drug-likeness (QED) is 0.398. The van der Waals surface area contributed by atoms with Gasteiger partial charge in [0.25, 0.3) is 0 Å². The van der Waals surface area contributed by atoms with Gasteiger partial charge in [-0.15, -0.1) is 0 Å². The lowest BCUT2D eigenvalue weighted by Gasteiger charge is -1.74. The van der Waals surface area contributed by atoms with Crippen molar-refractivity contribution < 1.29 is 0 Å². The molecule has 0 aromatic heterocycles. The maximum atomic E-state index is 3.09. The van der Waals surface area contributed by atoms with Gasteiger partial charge in [0.1, 0.15) is 0 Å². The van der Waals surface area contributed by atoms with Gasteiger partial charge in [0.15, 0.2) is 0 Å². The number of hydrogen-bond acceptors (Lipinski definition) is 0. The minimum Gasteiger partial charge on any atom is -0.0913 e. The first-order valence-electron chi connectivity index (χ1n) is 3.21. The van der Waals surface area contributed by atoms with Crippen LogP contribution in [0.3, 0.4) is 0 Å². The number of rotatable bonds is 3. The topological polar surface area (TPSA) is 0 Å². The van der Waals surface area contributed by atoms with Gasteiger partial charge in [-0.1, -0.05) is 30.4 Å². The second kappa shape index (κ2) is 7.22. The van der Waals surface area contributed by atoms with Crippen molar-refractivity contribution in [1.82, 2.24) is 0 Å². The highest BCUT2D eigenvalue weighted by molar-refractivity contribution is 4.99. The molecule has 1 radical (unpaired) electrons. The van der Waals surface area contributed by atoms with Crippen molar-refractivity contribution in [3.63, 3.8) is 0 Å². The molecule has 0 saturated heterocycles. The van der Waals surface area contributed by atoms with E-state index in [1.807, 2.05) is 38.2 Å². The monoisotopic (exact) mass is 121 g/mol. The van der Waals surface area contributed by atoms with Crippen LogP contribution in [0, 0.1) is 6.08 Å². The molecule has 0 atom stereocenters. The minimum absolute atomic E-state index is 0.918. The molecular weight excluding hydrogens is 108 g/mol. The molecule has 0 heterocycles. The first kappa shape index (κ1) is 8.22. The molecule has 0 aliphatic rings. The smallest absolute Gasteiger partial charge is 0.00947 e. The highest BCUT2D eigenvalue weighted by Crippen LogP contribution is 1.83. The predicted octanol–water partition coefficient (Wildman–Crippen LogP) is 2.89. The van der Waals surface area contributed by atoms with Gasteiger partial charge in [-0.25, -0.2) is 0 Å². The van der Waals surface area contributed by atoms with Gasteiger partial charge in [0.05, 0.1) is 0 Å². The predicted molar refractivity (Wildman–Crippen MR) is 42.1 cm³/mol. The molecule has 0 saturated carbocycles. The first-order valence-corrected chi connectivity index (χ1v) is 3.21. The SMILES string of the molecule is CC=CC=[C]CC=CC. The van der Waals surface area contributed by atoms with Gasteiger partial charge < -0.3 is 0 Å². The van der Waals surface area contributed by atoms with Gasteiger partial charge in [0, 0.05) is 0 Å². The summed E-state index contributed by atoms with van der Waals surface area (Å²) in [4.78, 5) is 0. The summed E-state index contributed by atoms with van der Waals surface area (Å²) in [6.07, 6.45) is 14.0. The van der Waals surface area contributed by atoms with E-state index in [0.717, 1.165) is 6.42 Å². The van der Waals surface area contributed by atoms with Crippen molar-refractivity contribution in [1.29, 1.82) is 0 Å². The van der Waals surface area contributed by atoms with Crippen LogP contribution in [0.15, 0.2) is 30.4 Å². The van der Waals surface area contributed by atoms with Crippen molar-refractivity contribution in [2.24, 2.45) is 0 Å². The molecular formula is C9H13. The van der Waals surface area contributed by atoms with Crippen LogP contribution in [-0.4, -0.2) is 0 Å². The van der Waals surface area contributed by atoms with Crippen molar-refractivity contribution in [3.8, 4) is 0 Å². The first-order chi connectivity index (χ1) is 4.41. The van der Waals surface area contributed by atoms with Gasteiger partial charge >= 0.3 is 0 Å². The molecule has 49 valence electrons. The van der Waals surface area contributed by atoms with Crippen molar-refractivity contribution in [2.45, 2.75) is 20.3 Å². The van der Waals surface area contributed by atoms with Gasteiger partial charge in [0.2, 0.25) is 0 Å². The largest absolute Gasteiger partial charge is 0.0913 e. The summed E-state index contributed by atoms with van der Waals surface area (Å²) in [6, 6.07) is 0. The zero-order chi connectivity index (χ0) is 6.95. The summed E-state index contributed by atoms with van der Waals surface area (Å²) in [5.41, 5.74) is 0. The highest BCUT2D eigenvalue weighted by atomic mass is 13.7. The molecule has 0 amide bonds. The fourth-order valence-electron chi connectivity index (χ4n) is 0.418. The molecule has 0 N–H and O–H groups in total. The average molecular weight is 121 g/mol. The highest BCUT2D eigenvalue weighted by Gasteiger charge is 1.65. The second-order valence-electron chi connectivity index (χ2n) is 1.67. The second-order valence-corrected chi connectivity index (χ2v) is 1.67. The van der Waals surface area contributed by atoms with Crippen LogP contribution in [-0.2, 0) is 0 Å². The molecule has 0 spiro atoms. The average Bonchev–Trinajstić information content (AvgIpc) is 1.89. The Morgan fingerprint density at radius 2 is 2.00 bits per heavy atom. The van der Waals surface area contributed by atoms with Crippen LogP contribution in [0.25, 0.3) is 0 Å². The van der Waals surface area contributed by atoms with Gasteiger partial charge in [-0.2, -0.15) is 0 Å². The molecule has 0 aromatic carbocycles. The molecule has 0 nitrogen and oxygen atoms in total. The fourth-order valence-corrected chi connectivity index (χ4v) is 0.418. The number of allylic oxidation sites excluding steroid dienone is 6. The lowest BCUT2D eigenvalue weighted by atomic mass is 10.3. The molecule has 0 rings (SSSR count). The summed E-state index contributed by atoms with van der Waals surface area (Å²) in [7, 11) is 0. The molecule has 0 aliphatic heterocycles. The van der Waals surface area contributed by atoms with E-state index in [-0.39, 0.29) is 0 Å². The van der Waals surface area contributed by atoms with Crippen LogP contribution in [0.1, 0.15) is 20.3 Å². The Bertz CT molecular complexity index is 116. The Morgan fingerprint density at radius 3 is 2.56 bits per heavy atom. The maximum absolute atomic E-state index is 3.09. The summed E-state index contributed by atoms with van der Waals surface area (Å²) in [5, 5.41) is 0. The van der Waals surface area contributed by atoms with E-state index < -0.39 is 0 Å². The Labute approximate surface area is 57.6 Å². The summed E-state index contributed by atoms with van der Waals surface area (Å²) >= 11 is 0. The van der Waals surface area contributed by atoms with Gasteiger partial charge in [-0.3, -0.25) is 0 Å². The van der Waals surface area contributed by atoms with Crippen LogP contribution in [0.4, 0.5) is 0 Å². The molecule has 0 fully saturated rings. The fraction of sp³-hybridized carbons (Fsp3) is 0.333. The number of hydrogen-bond donors (Lipinski definition) is 0. The van der Waals surface area contributed by atoms with E-state index in [0.29, 0.717) is 0 Å². The molecule has 0 aromatic rings. The third-order valence-corrected chi connectivity index (χ3v) is 0.878. The molecule has 0 unspecified atom stereocenters. The van der Waals surface area contributed by atoms with E-state index in [2.05, 4.69) is 12.2 Å². The Hall–Kier alpha value is -0.780. The summed E-state index contributed by atoms with van der Waals surface area (Å²) in [5.74, 6) is 0. The van der Waals surface area contributed by atoms with E-state index in [1.54, 1.807) is 0 Å². The van der Waals surface area contributed by atoms with E-state index in [4.69, 9.17) is 0 Å². The lowest BCUT2D eigenvalue weighted by Crippen LogP contribution is -1.56. The van der Waals surface area contributed by atoms with Crippen molar-refractivity contribution in [3.05, 3.63) is 36.5 Å². The Kier molecular flexibility index (Phi) is 6.59. The molecule has 0 aliphatic carbocycles. The minimum atomic E-state index is 0.918. The standard InChI is InChI=1S/C9H13/c1-3-5-7-9-8-6-4-2/h3-7H,8H2,1-2H3.